The zero-order chi connectivity index (χ0) is 14.5. The van der Waals surface area contributed by atoms with Crippen LogP contribution in [0.2, 0.25) is 0 Å². The Kier molecular flexibility index (Phi) is 5.32. The Labute approximate surface area is 129 Å². The Balaban J connectivity index is 1.58. The van der Waals surface area contributed by atoms with Crippen LogP contribution in [0, 0.1) is 5.92 Å². The number of rotatable bonds is 5. The van der Waals surface area contributed by atoms with Gasteiger partial charge in [-0.05, 0) is 69.4 Å². The molecule has 1 saturated heterocycles. The van der Waals surface area contributed by atoms with Crippen LogP contribution in [0.1, 0.15) is 56.4 Å². The van der Waals surface area contributed by atoms with Gasteiger partial charge in [0.25, 0.3) is 0 Å². The van der Waals surface area contributed by atoms with Gasteiger partial charge in [0.15, 0.2) is 0 Å². The van der Waals surface area contributed by atoms with Gasteiger partial charge in [0.2, 0.25) is 0 Å². The van der Waals surface area contributed by atoms with E-state index in [4.69, 9.17) is 4.74 Å². The fraction of sp³-hybridized carbons (Fsp3) is 0.684. The van der Waals surface area contributed by atoms with Crippen LogP contribution in [-0.2, 0) is 4.74 Å². The summed E-state index contributed by atoms with van der Waals surface area (Å²) in [6.07, 6.45) is 9.63. The number of hydrogen-bond donors (Lipinski definition) is 1. The lowest BCUT2D eigenvalue weighted by molar-refractivity contribution is 0.0919. The fourth-order valence-electron chi connectivity index (χ4n) is 4.26. The second kappa shape index (κ2) is 7.42. The Hall–Kier alpha value is -0.860. The molecule has 1 aliphatic carbocycles. The van der Waals surface area contributed by atoms with Gasteiger partial charge in [-0.25, -0.2) is 0 Å². The summed E-state index contributed by atoms with van der Waals surface area (Å²) in [7, 11) is 2.13. The van der Waals surface area contributed by atoms with Crippen LogP contribution >= 0.6 is 0 Å². The van der Waals surface area contributed by atoms with E-state index in [1.54, 1.807) is 0 Å². The quantitative estimate of drug-likeness (QED) is 0.879. The van der Waals surface area contributed by atoms with Gasteiger partial charge in [-0.3, -0.25) is 0 Å². The van der Waals surface area contributed by atoms with Crippen molar-refractivity contribution in [2.75, 3.05) is 13.7 Å². The Morgan fingerprint density at radius 3 is 2.67 bits per heavy atom. The minimum Gasteiger partial charge on any atom is -0.378 e. The van der Waals surface area contributed by atoms with Gasteiger partial charge in [0.05, 0.1) is 6.10 Å². The Morgan fingerprint density at radius 2 is 1.95 bits per heavy atom. The summed E-state index contributed by atoms with van der Waals surface area (Å²) in [5.74, 6) is 1.56. The van der Waals surface area contributed by atoms with E-state index >= 15 is 0 Å². The molecule has 1 N–H and O–H groups in total. The van der Waals surface area contributed by atoms with E-state index in [0.29, 0.717) is 12.1 Å². The molecule has 0 radical (unpaired) electrons. The molecule has 2 aliphatic rings. The van der Waals surface area contributed by atoms with Crippen LogP contribution in [0.25, 0.3) is 0 Å². The molecule has 1 heterocycles. The molecular weight excluding hydrogens is 258 g/mol. The van der Waals surface area contributed by atoms with Crippen molar-refractivity contribution in [3.05, 3.63) is 35.9 Å². The SMILES string of the molecule is CNC1CCC(c2ccccc2)CC1CCC1CCCO1. The molecule has 2 nitrogen and oxygen atoms in total. The first-order valence-electron chi connectivity index (χ1n) is 8.70. The average Bonchev–Trinajstić information content (AvgIpc) is 3.07. The fourth-order valence-corrected chi connectivity index (χ4v) is 4.26. The predicted molar refractivity (Wildman–Crippen MR) is 87.6 cm³/mol. The van der Waals surface area contributed by atoms with Crippen molar-refractivity contribution in [1.82, 2.24) is 5.32 Å². The van der Waals surface area contributed by atoms with Crippen LogP contribution < -0.4 is 5.32 Å². The van der Waals surface area contributed by atoms with Crippen LogP contribution in [0.5, 0.6) is 0 Å². The number of hydrogen-bond acceptors (Lipinski definition) is 2. The van der Waals surface area contributed by atoms with Crippen molar-refractivity contribution < 1.29 is 4.74 Å². The van der Waals surface area contributed by atoms with Crippen molar-refractivity contribution in [3.63, 3.8) is 0 Å². The van der Waals surface area contributed by atoms with Gasteiger partial charge in [-0.1, -0.05) is 30.3 Å². The summed E-state index contributed by atoms with van der Waals surface area (Å²) < 4.78 is 5.80. The van der Waals surface area contributed by atoms with Gasteiger partial charge in [0, 0.05) is 12.6 Å². The number of nitrogens with one attached hydrogen (secondary N) is 1. The van der Waals surface area contributed by atoms with E-state index in [1.165, 1.54) is 50.5 Å². The zero-order valence-corrected chi connectivity index (χ0v) is 13.3. The van der Waals surface area contributed by atoms with E-state index < -0.39 is 0 Å². The van der Waals surface area contributed by atoms with E-state index in [-0.39, 0.29) is 0 Å². The molecule has 116 valence electrons. The molecule has 0 bridgehead atoms. The molecular formula is C19H29NO. The Morgan fingerprint density at radius 1 is 1.10 bits per heavy atom. The van der Waals surface area contributed by atoms with Crippen molar-refractivity contribution in [2.24, 2.45) is 5.92 Å². The van der Waals surface area contributed by atoms with Crippen molar-refractivity contribution in [3.8, 4) is 0 Å². The monoisotopic (exact) mass is 287 g/mol. The van der Waals surface area contributed by atoms with Crippen molar-refractivity contribution in [1.29, 1.82) is 0 Å². The summed E-state index contributed by atoms with van der Waals surface area (Å²) in [5, 5.41) is 3.56. The summed E-state index contributed by atoms with van der Waals surface area (Å²) in [6, 6.07) is 11.8. The van der Waals surface area contributed by atoms with E-state index in [2.05, 4.69) is 42.7 Å². The second-order valence-corrected chi connectivity index (χ2v) is 6.79. The molecule has 4 unspecified atom stereocenters. The molecule has 0 aromatic heterocycles. The smallest absolute Gasteiger partial charge is 0.0576 e. The maximum atomic E-state index is 5.80. The van der Waals surface area contributed by atoms with Crippen molar-refractivity contribution in [2.45, 2.75) is 63.0 Å². The average molecular weight is 287 g/mol. The third-order valence-corrected chi connectivity index (χ3v) is 5.51. The van der Waals surface area contributed by atoms with Crippen LogP contribution in [0.4, 0.5) is 0 Å². The van der Waals surface area contributed by atoms with E-state index in [9.17, 15) is 0 Å². The Bertz CT molecular complexity index is 413. The molecule has 4 atom stereocenters. The van der Waals surface area contributed by atoms with E-state index in [0.717, 1.165) is 18.4 Å². The first-order valence-corrected chi connectivity index (χ1v) is 8.70. The second-order valence-electron chi connectivity index (χ2n) is 6.79. The highest BCUT2D eigenvalue weighted by Crippen LogP contribution is 2.38. The van der Waals surface area contributed by atoms with Crippen molar-refractivity contribution >= 4 is 0 Å². The highest BCUT2D eigenvalue weighted by molar-refractivity contribution is 5.20. The first-order chi connectivity index (χ1) is 10.4. The summed E-state index contributed by atoms with van der Waals surface area (Å²) in [6.45, 7) is 0.984. The normalized spacial score (nSPS) is 33.2. The van der Waals surface area contributed by atoms with Crippen LogP contribution in [0.15, 0.2) is 30.3 Å². The molecule has 21 heavy (non-hydrogen) atoms. The molecule has 1 aromatic carbocycles. The molecule has 2 heteroatoms. The minimum absolute atomic E-state index is 0.541. The predicted octanol–water partition coefficient (Wildman–Crippen LogP) is 4.12. The van der Waals surface area contributed by atoms with Gasteiger partial charge >= 0.3 is 0 Å². The molecule has 1 saturated carbocycles. The number of benzene rings is 1. The standard InChI is InChI=1S/C19H29NO/c1-20-19-12-10-16(15-6-3-2-4-7-15)14-17(19)9-11-18-8-5-13-21-18/h2-4,6-7,16-20H,5,8-14H2,1H3. The maximum Gasteiger partial charge on any atom is 0.0576 e. The van der Waals surface area contributed by atoms with Crippen LogP contribution in [-0.4, -0.2) is 25.8 Å². The lowest BCUT2D eigenvalue weighted by Crippen LogP contribution is -2.38. The third kappa shape index (κ3) is 3.87. The molecule has 1 aromatic rings. The largest absolute Gasteiger partial charge is 0.378 e. The van der Waals surface area contributed by atoms with Gasteiger partial charge < -0.3 is 10.1 Å². The van der Waals surface area contributed by atoms with Crippen LogP contribution in [0.3, 0.4) is 0 Å². The van der Waals surface area contributed by atoms with E-state index in [1.807, 2.05) is 0 Å². The maximum absolute atomic E-state index is 5.80. The molecule has 0 spiro atoms. The molecule has 0 amide bonds. The van der Waals surface area contributed by atoms with Gasteiger partial charge in [-0.15, -0.1) is 0 Å². The summed E-state index contributed by atoms with van der Waals surface area (Å²) in [5.41, 5.74) is 1.54. The molecule has 3 rings (SSSR count). The lowest BCUT2D eigenvalue weighted by atomic mass is 9.73. The molecule has 2 fully saturated rings. The third-order valence-electron chi connectivity index (χ3n) is 5.51. The highest BCUT2D eigenvalue weighted by Gasteiger charge is 2.31. The lowest BCUT2D eigenvalue weighted by Gasteiger charge is -2.37. The van der Waals surface area contributed by atoms with Gasteiger partial charge in [0.1, 0.15) is 0 Å². The minimum atomic E-state index is 0.541. The zero-order valence-electron chi connectivity index (χ0n) is 13.3. The summed E-state index contributed by atoms with van der Waals surface area (Å²) in [4.78, 5) is 0. The topological polar surface area (TPSA) is 21.3 Å². The summed E-state index contributed by atoms with van der Waals surface area (Å²) >= 11 is 0. The van der Waals surface area contributed by atoms with Gasteiger partial charge in [-0.2, -0.15) is 0 Å². The first kappa shape index (κ1) is 15.1. The number of ether oxygens (including phenoxy) is 1. The molecule has 1 aliphatic heterocycles. The highest BCUT2D eigenvalue weighted by atomic mass is 16.5.